The Kier molecular flexibility index (Phi) is 3.91. The van der Waals surface area contributed by atoms with Gasteiger partial charge in [0.1, 0.15) is 11.3 Å². The molecule has 5 heteroatoms. The maximum absolute atomic E-state index is 13.1. The second-order valence-corrected chi connectivity index (χ2v) is 7.15. The minimum absolute atomic E-state index is 0.0142. The summed E-state index contributed by atoms with van der Waals surface area (Å²) in [5.74, 6) is 0.0142. The van der Waals surface area contributed by atoms with Gasteiger partial charge in [0, 0.05) is 6.42 Å². The third-order valence-corrected chi connectivity index (χ3v) is 4.78. The molecular formula is C18H23N3O2. The number of hydrogen-bond acceptors (Lipinski definition) is 4. The van der Waals surface area contributed by atoms with Crippen LogP contribution in [0.4, 0.5) is 0 Å². The van der Waals surface area contributed by atoms with Crippen LogP contribution in [-0.2, 0) is 16.0 Å². The van der Waals surface area contributed by atoms with Crippen LogP contribution in [0.5, 0.6) is 0 Å². The molecule has 23 heavy (non-hydrogen) atoms. The van der Waals surface area contributed by atoms with Gasteiger partial charge >= 0.3 is 0 Å². The Morgan fingerprint density at radius 1 is 1.35 bits per heavy atom. The van der Waals surface area contributed by atoms with E-state index < -0.39 is 17.3 Å². The number of fused-ring (bicyclic) bond motifs is 1. The molecule has 2 fully saturated rings. The fraction of sp³-hybridized carbons (Fsp3) is 0.556. The Morgan fingerprint density at radius 3 is 2.70 bits per heavy atom. The third-order valence-electron chi connectivity index (χ3n) is 4.78. The van der Waals surface area contributed by atoms with Crippen molar-refractivity contribution in [3.8, 4) is 6.07 Å². The van der Waals surface area contributed by atoms with Crippen molar-refractivity contribution in [1.29, 1.82) is 5.26 Å². The van der Waals surface area contributed by atoms with Crippen molar-refractivity contribution in [1.82, 2.24) is 10.2 Å². The number of ether oxygens (including phenoxy) is 1. The lowest BCUT2D eigenvalue weighted by molar-refractivity contribution is -0.147. The lowest BCUT2D eigenvalue weighted by atomic mass is 9.94. The highest BCUT2D eigenvalue weighted by Crippen LogP contribution is 2.35. The highest BCUT2D eigenvalue weighted by molar-refractivity contribution is 5.84. The molecule has 1 aromatic rings. The van der Waals surface area contributed by atoms with Gasteiger partial charge < -0.3 is 9.64 Å². The molecule has 122 valence electrons. The summed E-state index contributed by atoms with van der Waals surface area (Å²) in [5.41, 5.74) is -0.285. The first kappa shape index (κ1) is 16.0. The van der Waals surface area contributed by atoms with Gasteiger partial charge in [-0.3, -0.25) is 10.1 Å². The van der Waals surface area contributed by atoms with E-state index in [-0.39, 0.29) is 11.9 Å². The molecule has 0 spiro atoms. The number of rotatable bonds is 2. The number of nitriles is 1. The van der Waals surface area contributed by atoms with Crippen LogP contribution in [0.25, 0.3) is 0 Å². The van der Waals surface area contributed by atoms with Crippen molar-refractivity contribution < 1.29 is 9.53 Å². The Hall–Kier alpha value is -1.90. The summed E-state index contributed by atoms with van der Waals surface area (Å²) in [6, 6.07) is 11.8. The first-order chi connectivity index (χ1) is 10.8. The number of hydrogen-bond donors (Lipinski definition) is 1. The molecule has 2 aliphatic heterocycles. The molecule has 3 atom stereocenters. The monoisotopic (exact) mass is 313 g/mol. The summed E-state index contributed by atoms with van der Waals surface area (Å²) >= 11 is 0. The molecule has 0 aliphatic carbocycles. The smallest absolute Gasteiger partial charge is 0.242 e. The van der Waals surface area contributed by atoms with Crippen LogP contribution in [0.15, 0.2) is 30.3 Å². The Balaban J connectivity index is 1.94. The molecule has 2 unspecified atom stereocenters. The number of benzene rings is 1. The lowest BCUT2D eigenvalue weighted by Gasteiger charge is -2.34. The van der Waals surface area contributed by atoms with E-state index in [4.69, 9.17) is 4.74 Å². The predicted octanol–water partition coefficient (Wildman–Crippen LogP) is 1.84. The molecule has 0 aromatic heterocycles. The van der Waals surface area contributed by atoms with Gasteiger partial charge in [-0.15, -0.1) is 0 Å². The zero-order chi connectivity index (χ0) is 16.7. The number of amides is 1. The van der Waals surface area contributed by atoms with Gasteiger partial charge in [-0.2, -0.15) is 5.26 Å². The van der Waals surface area contributed by atoms with Crippen molar-refractivity contribution in [2.75, 3.05) is 6.61 Å². The first-order valence-corrected chi connectivity index (χ1v) is 8.05. The van der Waals surface area contributed by atoms with Crippen molar-refractivity contribution in [3.63, 3.8) is 0 Å². The minimum atomic E-state index is -0.738. The predicted molar refractivity (Wildman–Crippen MR) is 86.4 cm³/mol. The highest BCUT2D eigenvalue weighted by Gasteiger charge is 2.51. The summed E-state index contributed by atoms with van der Waals surface area (Å²) in [4.78, 5) is 15.0. The van der Waals surface area contributed by atoms with Crippen LogP contribution in [0, 0.1) is 11.3 Å². The van der Waals surface area contributed by atoms with Gasteiger partial charge in [-0.25, -0.2) is 0 Å². The molecule has 0 saturated carbocycles. The molecule has 5 nitrogen and oxygen atoms in total. The average molecular weight is 313 g/mol. The summed E-state index contributed by atoms with van der Waals surface area (Å²) in [7, 11) is 0. The van der Waals surface area contributed by atoms with Crippen LogP contribution in [0.1, 0.15) is 32.8 Å². The molecule has 3 rings (SSSR count). The van der Waals surface area contributed by atoms with E-state index in [0.29, 0.717) is 19.4 Å². The van der Waals surface area contributed by atoms with Crippen molar-refractivity contribution in [3.05, 3.63) is 35.9 Å². The summed E-state index contributed by atoms with van der Waals surface area (Å²) in [6.45, 7) is 6.18. The second kappa shape index (κ2) is 5.63. The standard InChI is InChI=1S/C18H23N3O2/c1-17(2)21-14(11-23-17)10-18(3,12-19)20-15(16(21)22)9-13-7-5-4-6-8-13/h4-8,14-15,20H,9-11H2,1-3H3/t14?,15-,18?/m1/s1. The molecular weight excluding hydrogens is 290 g/mol. The van der Waals surface area contributed by atoms with Crippen molar-refractivity contribution >= 4 is 5.91 Å². The highest BCUT2D eigenvalue weighted by atomic mass is 16.5. The van der Waals surface area contributed by atoms with Crippen molar-refractivity contribution in [2.24, 2.45) is 0 Å². The van der Waals surface area contributed by atoms with E-state index in [1.807, 2.05) is 56.0 Å². The normalized spacial score (nSPS) is 33.0. The first-order valence-electron chi connectivity index (χ1n) is 8.05. The Labute approximate surface area is 137 Å². The molecule has 2 aliphatic rings. The van der Waals surface area contributed by atoms with Gasteiger partial charge in [-0.1, -0.05) is 30.3 Å². The maximum atomic E-state index is 13.1. The van der Waals surface area contributed by atoms with E-state index in [1.165, 1.54) is 0 Å². The van der Waals surface area contributed by atoms with E-state index >= 15 is 0 Å². The van der Waals surface area contributed by atoms with Crippen LogP contribution in [0.3, 0.4) is 0 Å². The lowest BCUT2D eigenvalue weighted by Crippen LogP contribution is -2.54. The minimum Gasteiger partial charge on any atom is -0.354 e. The summed E-state index contributed by atoms with van der Waals surface area (Å²) in [5, 5.41) is 12.9. The van der Waals surface area contributed by atoms with Gasteiger partial charge in [0.25, 0.3) is 0 Å². The van der Waals surface area contributed by atoms with Gasteiger partial charge in [0.15, 0.2) is 0 Å². The van der Waals surface area contributed by atoms with E-state index in [0.717, 1.165) is 5.56 Å². The van der Waals surface area contributed by atoms with Crippen LogP contribution < -0.4 is 5.32 Å². The second-order valence-electron chi connectivity index (χ2n) is 7.15. The summed E-state index contributed by atoms with van der Waals surface area (Å²) in [6.07, 6.45) is 1.14. The zero-order valence-corrected chi connectivity index (χ0v) is 13.9. The quantitative estimate of drug-likeness (QED) is 0.905. The van der Waals surface area contributed by atoms with Crippen LogP contribution in [-0.4, -0.2) is 40.8 Å². The topological polar surface area (TPSA) is 65.4 Å². The molecule has 0 bridgehead atoms. The number of carbonyl (C=O) groups excluding carboxylic acids is 1. The zero-order valence-electron chi connectivity index (χ0n) is 13.9. The Bertz CT molecular complexity index is 637. The van der Waals surface area contributed by atoms with Gasteiger partial charge in [0.2, 0.25) is 5.91 Å². The largest absolute Gasteiger partial charge is 0.354 e. The van der Waals surface area contributed by atoms with Crippen LogP contribution in [0.2, 0.25) is 0 Å². The molecule has 1 amide bonds. The fourth-order valence-corrected chi connectivity index (χ4v) is 3.69. The van der Waals surface area contributed by atoms with E-state index in [2.05, 4.69) is 11.4 Å². The van der Waals surface area contributed by atoms with Crippen molar-refractivity contribution in [2.45, 2.75) is 57.0 Å². The average Bonchev–Trinajstić information content (AvgIpc) is 2.75. The summed E-state index contributed by atoms with van der Waals surface area (Å²) < 4.78 is 5.82. The van der Waals surface area contributed by atoms with E-state index in [1.54, 1.807) is 0 Å². The molecule has 1 N–H and O–H groups in total. The number of nitrogens with one attached hydrogen (secondary N) is 1. The molecule has 0 radical (unpaired) electrons. The number of nitrogens with zero attached hydrogens (tertiary/aromatic N) is 2. The van der Waals surface area contributed by atoms with Crippen LogP contribution >= 0.6 is 0 Å². The van der Waals surface area contributed by atoms with Gasteiger partial charge in [-0.05, 0) is 32.8 Å². The maximum Gasteiger partial charge on any atom is 0.242 e. The molecule has 2 saturated heterocycles. The van der Waals surface area contributed by atoms with E-state index in [9.17, 15) is 10.1 Å². The fourth-order valence-electron chi connectivity index (χ4n) is 3.69. The molecule has 2 heterocycles. The number of carbonyl (C=O) groups is 1. The van der Waals surface area contributed by atoms with Gasteiger partial charge in [0.05, 0.1) is 24.8 Å². The third kappa shape index (κ3) is 2.97. The Morgan fingerprint density at radius 2 is 2.04 bits per heavy atom. The molecule has 1 aromatic carbocycles. The SMILES string of the molecule is CC1(C#N)CC2COC(C)(C)N2C(=O)[C@@H](Cc2ccccc2)N1.